The van der Waals surface area contributed by atoms with Gasteiger partial charge >= 0.3 is 12.1 Å². The van der Waals surface area contributed by atoms with Crippen LogP contribution in [0.1, 0.15) is 16.1 Å². The number of benzene rings is 1. The number of nitrogens with zero attached hydrogens (tertiary/aromatic N) is 1. The van der Waals surface area contributed by atoms with Gasteiger partial charge in [0.2, 0.25) is 5.75 Å². The van der Waals surface area contributed by atoms with Crippen LogP contribution in [0.5, 0.6) is 5.75 Å². The monoisotopic (exact) mass is 421 g/mol. The molecule has 0 aliphatic carbocycles. The van der Waals surface area contributed by atoms with Crippen molar-refractivity contribution in [2.75, 3.05) is 5.32 Å². The Bertz CT molecular complexity index is 1110. The van der Waals surface area contributed by atoms with Crippen LogP contribution in [0.25, 0.3) is 11.4 Å². The molecule has 4 N–H and O–H groups in total. The van der Waals surface area contributed by atoms with E-state index in [-0.39, 0.29) is 23.7 Å². The highest BCUT2D eigenvalue weighted by Crippen LogP contribution is 2.30. The van der Waals surface area contributed by atoms with E-state index in [1.165, 1.54) is 11.3 Å². The number of ether oxygens (including phenoxy) is 1. The molecule has 11 heteroatoms. The van der Waals surface area contributed by atoms with Crippen molar-refractivity contribution >= 4 is 40.7 Å². The number of amides is 1. The topological polar surface area (TPSA) is 142 Å². The first-order chi connectivity index (χ1) is 13.3. The summed E-state index contributed by atoms with van der Waals surface area (Å²) in [5.41, 5.74) is -0.582. The molecule has 0 spiro atoms. The van der Waals surface area contributed by atoms with Gasteiger partial charge in [0, 0.05) is 15.8 Å². The summed E-state index contributed by atoms with van der Waals surface area (Å²) >= 11 is 7.06. The number of aromatic hydroxyl groups is 1. The lowest BCUT2D eigenvalue weighted by Gasteiger charge is -2.09. The molecule has 1 amide bonds. The minimum absolute atomic E-state index is 0.0106. The quantitative estimate of drug-likeness (QED) is 0.495. The highest BCUT2D eigenvalue weighted by Gasteiger charge is 2.20. The summed E-state index contributed by atoms with van der Waals surface area (Å²) in [6.07, 6.45) is -0.765. The van der Waals surface area contributed by atoms with E-state index in [0.29, 0.717) is 10.6 Å². The third-order valence-corrected chi connectivity index (χ3v) is 4.49. The molecule has 28 heavy (non-hydrogen) atoms. The average molecular weight is 422 g/mol. The second-order valence-corrected chi connectivity index (χ2v) is 6.63. The molecule has 0 bridgehead atoms. The maximum atomic E-state index is 12.1. The first-order valence-corrected chi connectivity index (χ1v) is 8.98. The Morgan fingerprint density at radius 3 is 2.82 bits per heavy atom. The standard InChI is InChI=1S/C17H12ClN3O6S/c18-9-3-1-2-8(4-9)5-27-17(26)19-11-7-28-6-10(11)14-20-12(16(24)25)13(22)15(23)21-14/h1-4,6-7,22H,5H2,(H,19,26)(H,24,25)(H,20,21,23). The van der Waals surface area contributed by atoms with Crippen LogP contribution in [-0.4, -0.2) is 32.2 Å². The summed E-state index contributed by atoms with van der Waals surface area (Å²) in [6.45, 7) is -0.0106. The minimum Gasteiger partial charge on any atom is -0.501 e. The third kappa shape index (κ3) is 4.30. The van der Waals surface area contributed by atoms with E-state index in [2.05, 4.69) is 15.3 Å². The molecule has 0 atom stereocenters. The van der Waals surface area contributed by atoms with E-state index in [9.17, 15) is 19.5 Å². The number of H-pyrrole nitrogens is 1. The summed E-state index contributed by atoms with van der Waals surface area (Å²) in [5.74, 6) is -2.68. The molecule has 2 aromatic heterocycles. The molecule has 0 radical (unpaired) electrons. The predicted molar refractivity (Wildman–Crippen MR) is 102 cm³/mol. The fourth-order valence-electron chi connectivity index (χ4n) is 2.24. The third-order valence-electron chi connectivity index (χ3n) is 3.51. The Hall–Kier alpha value is -3.37. The summed E-state index contributed by atoms with van der Waals surface area (Å²) < 4.78 is 5.12. The van der Waals surface area contributed by atoms with Gasteiger partial charge in [0.05, 0.1) is 11.3 Å². The van der Waals surface area contributed by atoms with E-state index >= 15 is 0 Å². The Labute approximate surface area is 166 Å². The molecule has 3 aromatic rings. The second-order valence-electron chi connectivity index (χ2n) is 5.45. The molecule has 0 aliphatic heterocycles. The number of hydrogen-bond acceptors (Lipinski definition) is 7. The Morgan fingerprint density at radius 1 is 1.32 bits per heavy atom. The summed E-state index contributed by atoms with van der Waals surface area (Å²) in [5, 5.41) is 24.7. The van der Waals surface area contributed by atoms with Crippen LogP contribution in [0.2, 0.25) is 5.02 Å². The van der Waals surface area contributed by atoms with Crippen molar-refractivity contribution in [3.8, 4) is 17.1 Å². The SMILES string of the molecule is O=C(Nc1cscc1-c1nc(C(=O)O)c(O)c(=O)[nH]1)OCc1cccc(Cl)c1. The van der Waals surface area contributed by atoms with Gasteiger partial charge in [-0.15, -0.1) is 11.3 Å². The number of rotatable bonds is 5. The normalized spacial score (nSPS) is 10.5. The number of aromatic carboxylic acids is 1. The number of anilines is 1. The number of thiophene rings is 1. The van der Waals surface area contributed by atoms with E-state index < -0.39 is 29.1 Å². The van der Waals surface area contributed by atoms with Gasteiger partial charge in [0.15, 0.2) is 5.69 Å². The molecule has 0 unspecified atom stereocenters. The van der Waals surface area contributed by atoms with Gasteiger partial charge in [-0.3, -0.25) is 10.1 Å². The van der Waals surface area contributed by atoms with E-state index in [1.54, 1.807) is 35.0 Å². The van der Waals surface area contributed by atoms with Gasteiger partial charge in [-0.2, -0.15) is 0 Å². The maximum Gasteiger partial charge on any atom is 0.412 e. The Kier molecular flexibility index (Phi) is 5.62. The van der Waals surface area contributed by atoms with Gasteiger partial charge < -0.3 is 19.9 Å². The van der Waals surface area contributed by atoms with Gasteiger partial charge in [-0.1, -0.05) is 23.7 Å². The lowest BCUT2D eigenvalue weighted by Crippen LogP contribution is -2.16. The molecule has 144 valence electrons. The number of carbonyl (C=O) groups is 2. The molecule has 2 heterocycles. The van der Waals surface area contributed by atoms with E-state index in [4.69, 9.17) is 21.4 Å². The van der Waals surface area contributed by atoms with Crippen LogP contribution in [0, 0.1) is 0 Å². The predicted octanol–water partition coefficient (Wildman–Crippen LogP) is 3.30. The smallest absolute Gasteiger partial charge is 0.412 e. The van der Waals surface area contributed by atoms with Gasteiger partial charge in [0.25, 0.3) is 5.56 Å². The number of halogens is 1. The van der Waals surface area contributed by atoms with Crippen LogP contribution in [-0.2, 0) is 11.3 Å². The van der Waals surface area contributed by atoms with Crippen LogP contribution in [0.15, 0.2) is 39.8 Å². The molecule has 0 saturated carbocycles. The molecule has 0 saturated heterocycles. The maximum absolute atomic E-state index is 12.1. The molecule has 9 nitrogen and oxygen atoms in total. The van der Waals surface area contributed by atoms with Gasteiger partial charge in [0.1, 0.15) is 12.4 Å². The fourth-order valence-corrected chi connectivity index (χ4v) is 3.22. The Morgan fingerprint density at radius 2 is 2.11 bits per heavy atom. The number of carboxylic acids is 1. The zero-order valence-corrected chi connectivity index (χ0v) is 15.5. The molecular formula is C17H12ClN3O6S. The van der Waals surface area contributed by atoms with Crippen LogP contribution in [0.4, 0.5) is 10.5 Å². The number of hydrogen-bond donors (Lipinski definition) is 4. The summed E-state index contributed by atoms with van der Waals surface area (Å²) in [4.78, 5) is 41.0. The zero-order chi connectivity index (χ0) is 20.3. The van der Waals surface area contributed by atoms with Crippen molar-refractivity contribution in [2.24, 2.45) is 0 Å². The minimum atomic E-state index is -1.56. The summed E-state index contributed by atoms with van der Waals surface area (Å²) in [6, 6.07) is 6.82. The van der Waals surface area contributed by atoms with Crippen molar-refractivity contribution in [2.45, 2.75) is 6.61 Å². The largest absolute Gasteiger partial charge is 0.501 e. The fraction of sp³-hybridized carbons (Fsp3) is 0.0588. The number of nitrogens with one attached hydrogen (secondary N) is 2. The first-order valence-electron chi connectivity index (χ1n) is 7.66. The Balaban J connectivity index is 1.78. The van der Waals surface area contributed by atoms with Crippen LogP contribution in [0.3, 0.4) is 0 Å². The lowest BCUT2D eigenvalue weighted by molar-refractivity contribution is 0.0686. The van der Waals surface area contributed by atoms with Gasteiger partial charge in [-0.25, -0.2) is 14.6 Å². The highest BCUT2D eigenvalue weighted by molar-refractivity contribution is 7.08. The van der Waals surface area contributed by atoms with Crippen molar-refractivity contribution in [3.63, 3.8) is 0 Å². The number of carbonyl (C=O) groups excluding carboxylic acids is 1. The summed E-state index contributed by atoms with van der Waals surface area (Å²) in [7, 11) is 0. The molecule has 3 rings (SSSR count). The molecule has 1 aromatic carbocycles. The van der Waals surface area contributed by atoms with Crippen molar-refractivity contribution in [1.29, 1.82) is 0 Å². The highest BCUT2D eigenvalue weighted by atomic mass is 35.5. The van der Waals surface area contributed by atoms with Crippen molar-refractivity contribution < 1.29 is 24.5 Å². The molecule has 0 fully saturated rings. The molecular weight excluding hydrogens is 410 g/mol. The van der Waals surface area contributed by atoms with Crippen molar-refractivity contribution in [1.82, 2.24) is 9.97 Å². The first kappa shape index (κ1) is 19.4. The average Bonchev–Trinajstić information content (AvgIpc) is 3.10. The van der Waals surface area contributed by atoms with Crippen molar-refractivity contribution in [3.05, 3.63) is 61.7 Å². The second kappa shape index (κ2) is 8.11. The number of aromatic amines is 1. The number of carboxylic acid groups (broad SMARTS) is 1. The van der Waals surface area contributed by atoms with Crippen LogP contribution < -0.4 is 10.9 Å². The van der Waals surface area contributed by atoms with E-state index in [1.807, 2.05) is 0 Å². The van der Waals surface area contributed by atoms with Gasteiger partial charge in [-0.05, 0) is 17.7 Å². The molecule has 0 aliphatic rings. The van der Waals surface area contributed by atoms with Crippen LogP contribution >= 0.6 is 22.9 Å². The van der Waals surface area contributed by atoms with E-state index in [0.717, 1.165) is 0 Å². The lowest BCUT2D eigenvalue weighted by atomic mass is 10.2. The zero-order valence-electron chi connectivity index (χ0n) is 13.9. The number of aromatic nitrogens is 2.